The topological polar surface area (TPSA) is 81.5 Å². The molecule has 0 bridgehead atoms. The highest BCUT2D eigenvalue weighted by molar-refractivity contribution is 5.84. The fourth-order valence-corrected chi connectivity index (χ4v) is 3.10. The minimum absolute atomic E-state index is 0.0411. The van der Waals surface area contributed by atoms with Gasteiger partial charge in [0.2, 0.25) is 0 Å². The zero-order valence-corrected chi connectivity index (χ0v) is 16.3. The smallest absolute Gasteiger partial charge is 0.420 e. The van der Waals surface area contributed by atoms with Gasteiger partial charge >= 0.3 is 12.1 Å². The maximum Gasteiger partial charge on any atom is 0.420 e. The Hall–Kier alpha value is -4.14. The first-order valence-corrected chi connectivity index (χ1v) is 9.36. The molecule has 3 aromatic carbocycles. The van der Waals surface area contributed by atoms with Gasteiger partial charge in [0.25, 0.3) is 0 Å². The van der Waals surface area contributed by atoms with Crippen LogP contribution in [0.1, 0.15) is 11.1 Å². The minimum atomic E-state index is -4.71. The van der Waals surface area contributed by atoms with E-state index in [1.54, 1.807) is 24.3 Å². The number of fused-ring (bicyclic) bond motifs is 1. The molecule has 9 heteroatoms. The molecule has 4 aromatic rings. The van der Waals surface area contributed by atoms with E-state index in [-0.39, 0.29) is 17.9 Å². The molecular weight excluding hydrogens is 425 g/mol. The van der Waals surface area contributed by atoms with Crippen LogP contribution in [0.3, 0.4) is 0 Å². The zero-order chi connectivity index (χ0) is 22.7. The number of benzene rings is 3. The molecule has 1 N–H and O–H groups in total. The van der Waals surface area contributed by atoms with Crippen LogP contribution in [0.15, 0.2) is 73.2 Å². The fraction of sp³-hybridized carbons (Fsp3) is 0.0870. The molecule has 0 saturated heterocycles. The number of ether oxygens (including phenoxy) is 2. The summed E-state index contributed by atoms with van der Waals surface area (Å²) in [6, 6.07) is 14.3. The first-order valence-electron chi connectivity index (χ1n) is 9.36. The number of carboxylic acid groups (broad SMARTS) is 1. The number of aliphatic carboxylic acids is 1. The normalized spacial score (nSPS) is 11.3. The van der Waals surface area contributed by atoms with Crippen molar-refractivity contribution in [1.29, 1.82) is 0 Å². The lowest BCUT2D eigenvalue weighted by Crippen LogP contribution is -2.07. The molecule has 0 fully saturated rings. The molecule has 0 atom stereocenters. The Balaban J connectivity index is 1.66. The van der Waals surface area contributed by atoms with Crippen LogP contribution in [0.25, 0.3) is 10.9 Å². The summed E-state index contributed by atoms with van der Waals surface area (Å²) in [6.07, 6.45) is -2.10. The Morgan fingerprint density at radius 3 is 2.47 bits per heavy atom. The van der Waals surface area contributed by atoms with Gasteiger partial charge in [0, 0.05) is 6.20 Å². The number of aromatic nitrogens is 2. The molecule has 32 heavy (non-hydrogen) atoms. The van der Waals surface area contributed by atoms with Crippen molar-refractivity contribution in [2.24, 2.45) is 0 Å². The average molecular weight is 440 g/mol. The number of carbonyl (C=O) groups is 1. The van der Waals surface area contributed by atoms with Crippen molar-refractivity contribution in [2.75, 3.05) is 0 Å². The predicted molar refractivity (Wildman–Crippen MR) is 109 cm³/mol. The van der Waals surface area contributed by atoms with E-state index < -0.39 is 23.5 Å². The van der Waals surface area contributed by atoms with E-state index in [9.17, 15) is 18.0 Å². The number of carboxylic acids is 1. The van der Waals surface area contributed by atoms with E-state index in [1.165, 1.54) is 36.8 Å². The van der Waals surface area contributed by atoms with Gasteiger partial charge in [0.1, 0.15) is 34.9 Å². The van der Waals surface area contributed by atoms with Crippen LogP contribution in [0.2, 0.25) is 0 Å². The summed E-state index contributed by atoms with van der Waals surface area (Å²) < 4.78 is 52.4. The molecule has 1 aromatic heterocycles. The van der Waals surface area contributed by atoms with E-state index in [2.05, 4.69) is 9.97 Å². The number of nitrogens with zero attached hydrogens (tertiary/aromatic N) is 2. The highest BCUT2D eigenvalue weighted by Gasteiger charge is 2.35. The van der Waals surface area contributed by atoms with Crippen molar-refractivity contribution in [3.8, 4) is 23.0 Å². The molecule has 0 radical (unpaired) electrons. The van der Waals surface area contributed by atoms with Crippen LogP contribution in [-0.2, 0) is 17.4 Å². The van der Waals surface area contributed by atoms with Crippen LogP contribution in [0.4, 0.5) is 13.2 Å². The van der Waals surface area contributed by atoms with E-state index >= 15 is 0 Å². The van der Waals surface area contributed by atoms with Crippen molar-refractivity contribution < 1.29 is 32.5 Å². The van der Waals surface area contributed by atoms with Gasteiger partial charge in [0.05, 0.1) is 17.3 Å². The predicted octanol–water partition coefficient (Wildman–Crippen LogP) is 5.86. The van der Waals surface area contributed by atoms with Gasteiger partial charge in [-0.05, 0) is 48.0 Å². The summed E-state index contributed by atoms with van der Waals surface area (Å²) in [5.41, 5.74) is -0.0356. The fourth-order valence-electron chi connectivity index (χ4n) is 3.10. The molecule has 0 aliphatic heterocycles. The average Bonchev–Trinajstić information content (AvgIpc) is 2.74. The Kier molecular flexibility index (Phi) is 5.63. The number of hydrogen-bond donors (Lipinski definition) is 1. The van der Waals surface area contributed by atoms with Gasteiger partial charge in [-0.3, -0.25) is 4.79 Å². The Bertz CT molecular complexity index is 1290. The van der Waals surface area contributed by atoms with Crippen LogP contribution >= 0.6 is 0 Å². The van der Waals surface area contributed by atoms with Gasteiger partial charge in [-0.1, -0.05) is 18.2 Å². The zero-order valence-electron chi connectivity index (χ0n) is 16.3. The standard InChI is InChI=1S/C23H15F3N2O4/c24-23(25,26)18-11-16(31-20-6-2-5-19-17(20)12-27-13-28-19)7-8-21(18)32-15-4-1-3-14(9-15)10-22(29)30/h1-9,11-13H,10H2,(H,29,30). The Morgan fingerprint density at radius 1 is 0.938 bits per heavy atom. The molecular formula is C23H15F3N2O4. The van der Waals surface area contributed by atoms with Crippen molar-refractivity contribution in [3.05, 3.63) is 84.3 Å². The van der Waals surface area contributed by atoms with Gasteiger partial charge in [-0.25, -0.2) is 9.97 Å². The molecule has 4 rings (SSSR count). The lowest BCUT2D eigenvalue weighted by molar-refractivity contribution is -0.138. The minimum Gasteiger partial charge on any atom is -0.481 e. The van der Waals surface area contributed by atoms with E-state index in [4.69, 9.17) is 14.6 Å². The number of rotatable bonds is 6. The lowest BCUT2D eigenvalue weighted by Gasteiger charge is -2.16. The molecule has 0 aliphatic rings. The third-order valence-electron chi connectivity index (χ3n) is 4.48. The van der Waals surface area contributed by atoms with E-state index in [0.717, 1.165) is 12.1 Å². The summed E-state index contributed by atoms with van der Waals surface area (Å²) in [5.74, 6) is -1.13. The molecule has 0 unspecified atom stereocenters. The summed E-state index contributed by atoms with van der Waals surface area (Å²) in [4.78, 5) is 18.9. The van der Waals surface area contributed by atoms with Crippen molar-refractivity contribution in [2.45, 2.75) is 12.6 Å². The second kappa shape index (κ2) is 8.54. The molecule has 1 heterocycles. The molecule has 0 saturated carbocycles. The van der Waals surface area contributed by atoms with Crippen LogP contribution in [0.5, 0.6) is 23.0 Å². The highest BCUT2D eigenvalue weighted by Crippen LogP contribution is 2.41. The second-order valence-corrected chi connectivity index (χ2v) is 6.79. The van der Waals surface area contributed by atoms with Gasteiger partial charge in [-0.2, -0.15) is 13.2 Å². The van der Waals surface area contributed by atoms with Crippen LogP contribution < -0.4 is 9.47 Å². The third-order valence-corrected chi connectivity index (χ3v) is 4.48. The highest BCUT2D eigenvalue weighted by atomic mass is 19.4. The van der Waals surface area contributed by atoms with Gasteiger partial charge in [0.15, 0.2) is 0 Å². The van der Waals surface area contributed by atoms with E-state index in [0.29, 0.717) is 22.2 Å². The number of alkyl halides is 3. The summed E-state index contributed by atoms with van der Waals surface area (Å²) in [7, 11) is 0. The molecule has 0 spiro atoms. The maximum absolute atomic E-state index is 13.7. The molecule has 6 nitrogen and oxygen atoms in total. The Morgan fingerprint density at radius 2 is 1.69 bits per heavy atom. The summed E-state index contributed by atoms with van der Waals surface area (Å²) >= 11 is 0. The largest absolute Gasteiger partial charge is 0.481 e. The molecule has 0 amide bonds. The third kappa shape index (κ3) is 4.77. The summed E-state index contributed by atoms with van der Waals surface area (Å²) in [6.45, 7) is 0. The van der Waals surface area contributed by atoms with E-state index in [1.807, 2.05) is 0 Å². The number of hydrogen-bond acceptors (Lipinski definition) is 5. The maximum atomic E-state index is 13.7. The lowest BCUT2D eigenvalue weighted by atomic mass is 10.1. The monoisotopic (exact) mass is 440 g/mol. The number of halogens is 3. The SMILES string of the molecule is O=C(O)Cc1cccc(Oc2ccc(Oc3cccc4ncncc34)cc2C(F)(F)F)c1. The summed E-state index contributed by atoms with van der Waals surface area (Å²) in [5, 5.41) is 9.46. The first kappa shape index (κ1) is 21.1. The van der Waals surface area contributed by atoms with Crippen LogP contribution in [0, 0.1) is 0 Å². The Labute approximate surface area is 179 Å². The van der Waals surface area contributed by atoms with Crippen molar-refractivity contribution in [1.82, 2.24) is 9.97 Å². The second-order valence-electron chi connectivity index (χ2n) is 6.79. The van der Waals surface area contributed by atoms with Gasteiger partial charge in [-0.15, -0.1) is 0 Å². The van der Waals surface area contributed by atoms with Crippen LogP contribution in [-0.4, -0.2) is 21.0 Å². The van der Waals surface area contributed by atoms with Crippen molar-refractivity contribution in [3.63, 3.8) is 0 Å². The quantitative estimate of drug-likeness (QED) is 0.404. The van der Waals surface area contributed by atoms with Crippen molar-refractivity contribution >= 4 is 16.9 Å². The molecule has 0 aliphatic carbocycles. The molecule has 162 valence electrons. The van der Waals surface area contributed by atoms with Gasteiger partial charge < -0.3 is 14.6 Å². The first-order chi connectivity index (χ1) is 15.3.